The maximum absolute atomic E-state index is 9.85. The van der Waals surface area contributed by atoms with Crippen LogP contribution in [0.5, 0.6) is 0 Å². The fourth-order valence-corrected chi connectivity index (χ4v) is 0.995. The van der Waals surface area contributed by atoms with E-state index >= 15 is 0 Å². The average Bonchev–Trinajstić information content (AvgIpc) is 1.66. The molecule has 2 nitrogen and oxygen atoms in total. The summed E-state index contributed by atoms with van der Waals surface area (Å²) in [6.07, 6.45) is 1.62. The van der Waals surface area contributed by atoms with Crippen LogP contribution in [0, 0.1) is 0 Å². The first-order valence-electron chi connectivity index (χ1n) is 2.44. The van der Waals surface area contributed by atoms with Crippen molar-refractivity contribution < 1.29 is 8.76 Å². The second kappa shape index (κ2) is 5.59. The summed E-state index contributed by atoms with van der Waals surface area (Å²) in [4.78, 5) is 0. The first-order valence-corrected chi connectivity index (χ1v) is 4.31. The summed E-state index contributed by atoms with van der Waals surface area (Å²) in [6.45, 7) is 0. The van der Waals surface area contributed by atoms with Crippen molar-refractivity contribution in [3.05, 3.63) is 0 Å². The molecule has 1 unspecified atom stereocenters. The van der Waals surface area contributed by atoms with Gasteiger partial charge in [-0.1, -0.05) is 11.1 Å². The van der Waals surface area contributed by atoms with Gasteiger partial charge in [-0.25, -0.2) is 0 Å². The fraction of sp³-hybridized carbons (Fsp3) is 1.00. The van der Waals surface area contributed by atoms with Crippen LogP contribution in [-0.4, -0.2) is 20.3 Å². The monoisotopic (exact) mass is 153 g/mol. The van der Waals surface area contributed by atoms with Gasteiger partial charge in [-0.2, -0.15) is 12.6 Å². The van der Waals surface area contributed by atoms with E-state index in [2.05, 4.69) is 12.6 Å². The lowest BCUT2D eigenvalue weighted by molar-refractivity contribution is 0.534. The van der Waals surface area contributed by atoms with Gasteiger partial charge in [0.05, 0.1) is 0 Å². The molecule has 0 amide bonds. The zero-order valence-electron chi connectivity index (χ0n) is 4.50. The highest BCUT2D eigenvalue weighted by Gasteiger charge is 1.83. The molecule has 0 saturated heterocycles. The molecule has 0 rings (SSSR count). The van der Waals surface area contributed by atoms with Crippen molar-refractivity contribution in [2.45, 2.75) is 12.8 Å². The van der Waals surface area contributed by atoms with E-state index in [1.54, 1.807) is 0 Å². The molecule has 0 radical (unpaired) electrons. The minimum atomic E-state index is -1.85. The minimum absolute atomic E-state index is 0.278. The van der Waals surface area contributed by atoms with Crippen LogP contribution in [0.15, 0.2) is 0 Å². The molecule has 0 aliphatic heterocycles. The highest BCUT2D eigenvalue weighted by molar-refractivity contribution is 7.80. The van der Waals surface area contributed by atoms with Gasteiger partial charge in [0, 0.05) is 5.75 Å². The molecule has 50 valence electrons. The SMILES string of the molecule is O=S([O-])CCCCS. The summed E-state index contributed by atoms with van der Waals surface area (Å²) in [5, 5.41) is 0. The molecule has 0 aliphatic carbocycles. The molecule has 0 N–H and O–H groups in total. The summed E-state index contributed by atoms with van der Waals surface area (Å²) in [5.74, 6) is 1.05. The van der Waals surface area contributed by atoms with Crippen LogP contribution in [0.3, 0.4) is 0 Å². The summed E-state index contributed by atoms with van der Waals surface area (Å²) in [7, 11) is 0. The maximum atomic E-state index is 9.85. The normalized spacial score (nSPS) is 13.8. The first-order chi connectivity index (χ1) is 3.77. The Labute approximate surface area is 57.4 Å². The molecule has 1 atom stereocenters. The third-order valence-corrected chi connectivity index (χ3v) is 1.66. The van der Waals surface area contributed by atoms with Crippen molar-refractivity contribution in [1.29, 1.82) is 0 Å². The maximum Gasteiger partial charge on any atom is 0.0102 e. The summed E-state index contributed by atoms with van der Waals surface area (Å²) in [5.41, 5.74) is 0. The third kappa shape index (κ3) is 6.46. The Morgan fingerprint density at radius 3 is 2.50 bits per heavy atom. The third-order valence-electron chi connectivity index (χ3n) is 0.719. The second-order valence-electron chi connectivity index (χ2n) is 1.44. The van der Waals surface area contributed by atoms with Crippen LogP contribution in [-0.2, 0) is 11.1 Å². The molecule has 0 bridgehead atoms. The molecule has 0 aromatic rings. The van der Waals surface area contributed by atoms with Gasteiger partial charge in [0.2, 0.25) is 0 Å². The van der Waals surface area contributed by atoms with E-state index in [1.807, 2.05) is 0 Å². The smallest absolute Gasteiger partial charge is 0.0102 e. The lowest BCUT2D eigenvalue weighted by Crippen LogP contribution is -1.94. The van der Waals surface area contributed by atoms with Gasteiger partial charge >= 0.3 is 0 Å². The van der Waals surface area contributed by atoms with Gasteiger partial charge in [-0.15, -0.1) is 0 Å². The minimum Gasteiger partial charge on any atom is -0.772 e. The Bertz CT molecular complexity index is 74.4. The van der Waals surface area contributed by atoms with Crippen LogP contribution >= 0.6 is 12.6 Å². The molecule has 0 aliphatic rings. The Balaban J connectivity index is 2.82. The lowest BCUT2D eigenvalue weighted by atomic mass is 10.4. The number of thiol groups is 1. The van der Waals surface area contributed by atoms with Crippen molar-refractivity contribution >= 4 is 23.7 Å². The molecule has 0 fully saturated rings. The van der Waals surface area contributed by atoms with Crippen molar-refractivity contribution in [2.75, 3.05) is 11.5 Å². The van der Waals surface area contributed by atoms with Gasteiger partial charge in [-0.05, 0) is 18.6 Å². The van der Waals surface area contributed by atoms with E-state index in [0.29, 0.717) is 0 Å². The van der Waals surface area contributed by atoms with Crippen molar-refractivity contribution in [3.8, 4) is 0 Å². The fourth-order valence-electron chi connectivity index (χ4n) is 0.332. The molecule has 0 spiro atoms. The highest BCUT2D eigenvalue weighted by atomic mass is 32.2. The molecular formula is C4H9O2S2-. The molecule has 4 heteroatoms. The average molecular weight is 153 g/mol. The van der Waals surface area contributed by atoms with Crippen LogP contribution in [0.25, 0.3) is 0 Å². The van der Waals surface area contributed by atoms with Gasteiger partial charge in [0.1, 0.15) is 0 Å². The van der Waals surface area contributed by atoms with Gasteiger partial charge < -0.3 is 4.55 Å². The Kier molecular flexibility index (Phi) is 5.92. The summed E-state index contributed by atoms with van der Waals surface area (Å²) >= 11 is 2.07. The van der Waals surface area contributed by atoms with Crippen molar-refractivity contribution in [1.82, 2.24) is 0 Å². The molecule has 0 saturated carbocycles. The van der Waals surface area contributed by atoms with Gasteiger partial charge in [0.25, 0.3) is 0 Å². The Morgan fingerprint density at radius 2 is 2.12 bits per heavy atom. The van der Waals surface area contributed by atoms with E-state index in [9.17, 15) is 8.76 Å². The van der Waals surface area contributed by atoms with Crippen LogP contribution in [0.2, 0.25) is 0 Å². The summed E-state index contributed by atoms with van der Waals surface area (Å²) in [6, 6.07) is 0. The first kappa shape index (κ1) is 8.46. The van der Waals surface area contributed by atoms with Crippen LogP contribution in [0.4, 0.5) is 0 Å². The van der Waals surface area contributed by atoms with E-state index in [-0.39, 0.29) is 5.75 Å². The summed E-state index contributed by atoms with van der Waals surface area (Å²) < 4.78 is 19.7. The number of unbranched alkanes of at least 4 members (excludes halogenated alkanes) is 1. The molecule has 0 heterocycles. The van der Waals surface area contributed by atoms with Gasteiger partial charge in [-0.3, -0.25) is 4.21 Å². The Morgan fingerprint density at radius 1 is 1.50 bits per heavy atom. The van der Waals surface area contributed by atoms with E-state index in [0.717, 1.165) is 18.6 Å². The highest BCUT2D eigenvalue weighted by Crippen LogP contribution is 1.91. The van der Waals surface area contributed by atoms with Crippen LogP contribution in [0.1, 0.15) is 12.8 Å². The Hall–Kier alpha value is 0.460. The standard InChI is InChI=1S/C4H10O2S2/c5-8(6)4-2-1-3-7/h7H,1-4H2,(H,5,6)/p-1. The molecule has 0 aromatic heterocycles. The number of hydrogen-bond donors (Lipinski definition) is 1. The predicted octanol–water partition coefficient (Wildman–Crippen LogP) is 0.576. The quantitative estimate of drug-likeness (QED) is 0.364. The van der Waals surface area contributed by atoms with E-state index in [1.165, 1.54) is 0 Å². The lowest BCUT2D eigenvalue weighted by Gasteiger charge is -2.01. The van der Waals surface area contributed by atoms with Crippen LogP contribution < -0.4 is 0 Å². The molecular weight excluding hydrogens is 144 g/mol. The second-order valence-corrected chi connectivity index (χ2v) is 2.90. The number of hydrogen-bond acceptors (Lipinski definition) is 3. The van der Waals surface area contributed by atoms with Crippen molar-refractivity contribution in [2.24, 2.45) is 0 Å². The largest absolute Gasteiger partial charge is 0.772 e. The predicted molar refractivity (Wildman–Crippen MR) is 36.9 cm³/mol. The zero-order chi connectivity index (χ0) is 6.41. The topological polar surface area (TPSA) is 40.1 Å². The van der Waals surface area contributed by atoms with Crippen molar-refractivity contribution in [3.63, 3.8) is 0 Å². The van der Waals surface area contributed by atoms with Gasteiger partial charge in [0.15, 0.2) is 0 Å². The molecule has 8 heavy (non-hydrogen) atoms. The zero-order valence-corrected chi connectivity index (χ0v) is 6.21. The van der Waals surface area contributed by atoms with E-state index < -0.39 is 11.1 Å². The molecule has 0 aromatic carbocycles. The number of rotatable bonds is 4. The van der Waals surface area contributed by atoms with E-state index in [4.69, 9.17) is 0 Å².